The van der Waals surface area contributed by atoms with Crippen molar-refractivity contribution in [3.05, 3.63) is 63.9 Å². The van der Waals surface area contributed by atoms with Gasteiger partial charge in [0, 0.05) is 22.7 Å². The van der Waals surface area contributed by atoms with Gasteiger partial charge in [0.25, 0.3) is 5.91 Å². The molecule has 0 saturated carbocycles. The predicted molar refractivity (Wildman–Crippen MR) is 116 cm³/mol. The number of anilines is 1. The molecule has 2 aromatic carbocycles. The number of carbonyl (C=O) groups is 1. The minimum absolute atomic E-state index is 0.121. The van der Waals surface area contributed by atoms with E-state index in [0.29, 0.717) is 6.54 Å². The van der Waals surface area contributed by atoms with E-state index in [9.17, 15) is 4.79 Å². The van der Waals surface area contributed by atoms with Gasteiger partial charge in [0.1, 0.15) is 5.82 Å². The molecule has 3 aromatic rings. The minimum Gasteiger partial charge on any atom is -0.367 e. The summed E-state index contributed by atoms with van der Waals surface area (Å²) >= 11 is 2.24. The minimum atomic E-state index is 0.121. The molecule has 1 N–H and O–H groups in total. The van der Waals surface area contributed by atoms with Crippen molar-refractivity contribution in [2.45, 2.75) is 25.3 Å². The molecular weight excluding hydrogens is 451 g/mol. The number of benzene rings is 2. The third kappa shape index (κ3) is 4.05. The van der Waals surface area contributed by atoms with Gasteiger partial charge in [-0.15, -0.1) is 0 Å². The van der Waals surface area contributed by atoms with E-state index in [1.807, 2.05) is 53.4 Å². The maximum atomic E-state index is 13.1. The second-order valence-corrected chi connectivity index (χ2v) is 7.92. The van der Waals surface area contributed by atoms with Crippen LogP contribution in [0.2, 0.25) is 0 Å². The molecule has 4 rings (SSSR count). The Morgan fingerprint density at radius 1 is 1.11 bits per heavy atom. The van der Waals surface area contributed by atoms with Gasteiger partial charge in [0.2, 0.25) is 0 Å². The van der Waals surface area contributed by atoms with Gasteiger partial charge in [-0.1, -0.05) is 24.3 Å². The summed E-state index contributed by atoms with van der Waals surface area (Å²) in [7, 11) is 0. The summed E-state index contributed by atoms with van der Waals surface area (Å²) in [5.74, 6) is 0.872. The van der Waals surface area contributed by atoms with Crippen molar-refractivity contribution in [2.75, 3.05) is 18.4 Å². The van der Waals surface area contributed by atoms with Crippen molar-refractivity contribution in [1.29, 1.82) is 0 Å². The molecule has 1 saturated heterocycles. The van der Waals surface area contributed by atoms with E-state index in [2.05, 4.69) is 37.9 Å². The summed E-state index contributed by atoms with van der Waals surface area (Å²) in [6, 6.07) is 15.8. The second kappa shape index (κ2) is 8.21. The van der Waals surface area contributed by atoms with E-state index in [4.69, 9.17) is 0 Å². The van der Waals surface area contributed by atoms with Gasteiger partial charge in [0.15, 0.2) is 0 Å². The standard InChI is InChI=1S/C21H21IN4O/c22-17-9-2-1-8-16(17)21(27)26-12-6-5-7-15(26)13-24-20-14-23-18-10-3-4-11-19(18)25-20/h1-4,8-11,14-15H,5-7,12-13H2,(H,24,25). The zero-order valence-electron chi connectivity index (χ0n) is 14.9. The average Bonchev–Trinajstić information content (AvgIpc) is 2.72. The van der Waals surface area contributed by atoms with Gasteiger partial charge >= 0.3 is 0 Å². The maximum absolute atomic E-state index is 13.1. The molecule has 1 amide bonds. The van der Waals surface area contributed by atoms with E-state index in [0.717, 1.165) is 51.8 Å². The molecule has 138 valence electrons. The fourth-order valence-corrected chi connectivity index (χ4v) is 4.15. The van der Waals surface area contributed by atoms with E-state index in [1.165, 1.54) is 0 Å². The van der Waals surface area contributed by atoms with Crippen LogP contribution in [0.5, 0.6) is 0 Å². The highest BCUT2D eigenvalue weighted by Crippen LogP contribution is 2.22. The number of para-hydroxylation sites is 2. The SMILES string of the molecule is O=C(c1ccccc1I)N1CCCCC1CNc1cnc2ccccc2n1. The molecule has 1 aliphatic heterocycles. The van der Waals surface area contributed by atoms with Crippen LogP contribution in [0.1, 0.15) is 29.6 Å². The van der Waals surface area contributed by atoms with Gasteiger partial charge in [0.05, 0.1) is 22.8 Å². The summed E-state index contributed by atoms with van der Waals surface area (Å²) in [4.78, 5) is 24.2. The molecule has 0 bridgehead atoms. The lowest BCUT2D eigenvalue weighted by Crippen LogP contribution is -2.47. The number of amides is 1. The number of hydrogen-bond acceptors (Lipinski definition) is 4. The van der Waals surface area contributed by atoms with Crippen molar-refractivity contribution in [3.63, 3.8) is 0 Å². The van der Waals surface area contributed by atoms with Crippen LogP contribution in [0.25, 0.3) is 11.0 Å². The topological polar surface area (TPSA) is 58.1 Å². The van der Waals surface area contributed by atoms with Crippen LogP contribution in [-0.4, -0.2) is 39.9 Å². The summed E-state index contributed by atoms with van der Waals surface area (Å²) in [5.41, 5.74) is 2.55. The number of hydrogen-bond donors (Lipinski definition) is 1. The van der Waals surface area contributed by atoms with E-state index in [-0.39, 0.29) is 11.9 Å². The Hall–Kier alpha value is -2.22. The summed E-state index contributed by atoms with van der Waals surface area (Å²) in [5, 5.41) is 3.39. The lowest BCUT2D eigenvalue weighted by Gasteiger charge is -2.36. The second-order valence-electron chi connectivity index (χ2n) is 6.75. The fourth-order valence-electron chi connectivity index (χ4n) is 3.53. The molecule has 1 aliphatic rings. The van der Waals surface area contributed by atoms with Crippen molar-refractivity contribution >= 4 is 45.3 Å². The Bertz CT molecular complexity index is 962. The van der Waals surface area contributed by atoms with E-state index >= 15 is 0 Å². The average molecular weight is 472 g/mol. The predicted octanol–water partition coefficient (Wildman–Crippen LogP) is 4.34. The molecule has 0 aliphatic carbocycles. The summed E-state index contributed by atoms with van der Waals surface area (Å²) < 4.78 is 0.998. The first kappa shape index (κ1) is 18.2. The largest absolute Gasteiger partial charge is 0.367 e. The number of fused-ring (bicyclic) bond motifs is 1. The Morgan fingerprint density at radius 2 is 1.89 bits per heavy atom. The smallest absolute Gasteiger partial charge is 0.255 e. The first-order chi connectivity index (χ1) is 13.2. The van der Waals surface area contributed by atoms with Crippen molar-refractivity contribution in [3.8, 4) is 0 Å². The van der Waals surface area contributed by atoms with Crippen molar-refractivity contribution < 1.29 is 4.79 Å². The van der Waals surface area contributed by atoms with Crippen LogP contribution in [0, 0.1) is 3.57 Å². The third-order valence-corrected chi connectivity index (χ3v) is 5.90. The van der Waals surface area contributed by atoms with Crippen molar-refractivity contribution in [2.24, 2.45) is 0 Å². The Balaban J connectivity index is 1.49. The fraction of sp³-hybridized carbons (Fsp3) is 0.286. The van der Waals surface area contributed by atoms with Crippen LogP contribution in [-0.2, 0) is 0 Å². The van der Waals surface area contributed by atoms with Gasteiger partial charge in [-0.2, -0.15) is 0 Å². The monoisotopic (exact) mass is 472 g/mol. The van der Waals surface area contributed by atoms with Crippen LogP contribution in [0.4, 0.5) is 5.82 Å². The highest BCUT2D eigenvalue weighted by molar-refractivity contribution is 14.1. The molecule has 1 aromatic heterocycles. The number of carbonyl (C=O) groups excluding carboxylic acids is 1. The van der Waals surface area contributed by atoms with E-state index < -0.39 is 0 Å². The maximum Gasteiger partial charge on any atom is 0.255 e. The third-order valence-electron chi connectivity index (χ3n) is 4.96. The molecule has 1 fully saturated rings. The van der Waals surface area contributed by atoms with Crippen LogP contribution < -0.4 is 5.32 Å². The zero-order chi connectivity index (χ0) is 18.6. The molecule has 2 heterocycles. The van der Waals surface area contributed by atoms with Gasteiger partial charge < -0.3 is 10.2 Å². The zero-order valence-corrected chi connectivity index (χ0v) is 17.1. The quantitative estimate of drug-likeness (QED) is 0.575. The molecule has 0 spiro atoms. The number of nitrogens with one attached hydrogen (secondary N) is 1. The van der Waals surface area contributed by atoms with Crippen molar-refractivity contribution in [1.82, 2.24) is 14.9 Å². The number of rotatable bonds is 4. The molecule has 1 unspecified atom stereocenters. The van der Waals surface area contributed by atoms with Crippen LogP contribution in [0.3, 0.4) is 0 Å². The van der Waals surface area contributed by atoms with Gasteiger partial charge in [-0.25, -0.2) is 4.98 Å². The highest BCUT2D eigenvalue weighted by atomic mass is 127. The molecule has 6 heteroatoms. The first-order valence-electron chi connectivity index (χ1n) is 9.23. The Kier molecular flexibility index (Phi) is 5.52. The number of piperidine rings is 1. The van der Waals surface area contributed by atoms with Gasteiger partial charge in [-0.05, 0) is 66.1 Å². The lowest BCUT2D eigenvalue weighted by atomic mass is 10.0. The Morgan fingerprint density at radius 3 is 2.74 bits per heavy atom. The first-order valence-corrected chi connectivity index (χ1v) is 10.3. The molecule has 0 radical (unpaired) electrons. The molecule has 27 heavy (non-hydrogen) atoms. The number of aromatic nitrogens is 2. The van der Waals surface area contributed by atoms with E-state index in [1.54, 1.807) is 6.20 Å². The molecular formula is C21H21IN4O. The Labute approximate surface area is 172 Å². The molecule has 5 nitrogen and oxygen atoms in total. The number of halogens is 1. The lowest BCUT2D eigenvalue weighted by molar-refractivity contribution is 0.0627. The molecule has 1 atom stereocenters. The normalized spacial score (nSPS) is 17.1. The highest BCUT2D eigenvalue weighted by Gasteiger charge is 2.28. The summed E-state index contributed by atoms with van der Waals surface area (Å²) in [6.45, 7) is 1.49. The summed E-state index contributed by atoms with van der Waals surface area (Å²) in [6.07, 6.45) is 4.97. The number of nitrogens with zero attached hydrogens (tertiary/aromatic N) is 3. The van der Waals surface area contributed by atoms with Crippen LogP contribution in [0.15, 0.2) is 54.7 Å². The van der Waals surface area contributed by atoms with Crippen LogP contribution >= 0.6 is 22.6 Å². The number of likely N-dealkylation sites (tertiary alicyclic amines) is 1. The van der Waals surface area contributed by atoms with Gasteiger partial charge in [-0.3, -0.25) is 9.78 Å².